The van der Waals surface area contributed by atoms with Gasteiger partial charge in [0.05, 0.1) is 25.2 Å². The number of aliphatic hydroxyl groups is 2. The van der Waals surface area contributed by atoms with E-state index < -0.39 is 18.2 Å². The molecule has 64 heavy (non-hydrogen) atoms. The Morgan fingerprint density at radius 3 is 1.23 bits per heavy atom. The number of ether oxygens (including phenoxy) is 1. The largest absolute Gasteiger partial charge is 0.462 e. The Morgan fingerprint density at radius 1 is 0.453 bits per heavy atom. The average Bonchev–Trinajstić information content (AvgIpc) is 3.29. The summed E-state index contributed by atoms with van der Waals surface area (Å²) in [5.41, 5.74) is 0. The van der Waals surface area contributed by atoms with Gasteiger partial charge in [0, 0.05) is 6.42 Å². The number of allylic oxidation sites excluding steroid dienone is 6. The fourth-order valence-corrected chi connectivity index (χ4v) is 8.66. The van der Waals surface area contributed by atoms with Crippen LogP contribution in [0, 0.1) is 0 Å². The third kappa shape index (κ3) is 46.6. The van der Waals surface area contributed by atoms with Crippen LogP contribution in [0.3, 0.4) is 0 Å². The van der Waals surface area contributed by atoms with Gasteiger partial charge in [0.25, 0.3) is 0 Å². The van der Waals surface area contributed by atoms with E-state index in [2.05, 4.69) is 62.5 Å². The minimum absolute atomic E-state index is 0.0531. The van der Waals surface area contributed by atoms with Crippen molar-refractivity contribution in [3.05, 3.63) is 36.5 Å². The predicted molar refractivity (Wildman–Crippen MR) is 278 cm³/mol. The number of aliphatic hydroxyl groups excluding tert-OH is 2. The number of nitrogens with one attached hydrogen (secondary N) is 1. The summed E-state index contributed by atoms with van der Waals surface area (Å²) in [6.07, 6.45) is 62.1. The van der Waals surface area contributed by atoms with E-state index in [4.69, 9.17) is 4.74 Å². The van der Waals surface area contributed by atoms with E-state index >= 15 is 0 Å². The number of hydrogen-bond donors (Lipinski definition) is 3. The molecule has 3 unspecified atom stereocenters. The monoisotopic (exact) mass is 900 g/mol. The number of hydrogen-bond acceptors (Lipinski definition) is 5. The van der Waals surface area contributed by atoms with Gasteiger partial charge in [-0.05, 0) is 70.6 Å². The first-order valence-corrected chi connectivity index (χ1v) is 28.2. The fourth-order valence-electron chi connectivity index (χ4n) is 8.66. The van der Waals surface area contributed by atoms with Gasteiger partial charge in [-0.25, -0.2) is 0 Å². The fraction of sp³-hybridized carbons (Fsp3) is 0.862. The zero-order valence-electron chi connectivity index (χ0n) is 42.9. The Hall–Kier alpha value is -1.92. The van der Waals surface area contributed by atoms with Gasteiger partial charge < -0.3 is 20.3 Å². The Bertz CT molecular complexity index is 1060. The summed E-state index contributed by atoms with van der Waals surface area (Å²) in [4.78, 5) is 26.2. The standard InChI is InChI=1S/C58H109NO5/c1-4-7-10-13-16-19-22-25-27-28-29-31-33-36-39-42-45-48-51-58(63)64-54(49-46-43-40-37-34-24-21-18-15-12-9-6-3)52-57(62)59-55(53-60)56(61)50-47-44-41-38-35-32-30-26-23-20-17-14-11-8-5-2/h27-29,31,37,40,54-56,60-61H,4-26,30,32-36,38-39,41-53H2,1-3H3,(H,59,62)/b28-27+,31-29+,40-37-. The lowest BCUT2D eigenvalue weighted by Gasteiger charge is -2.24. The van der Waals surface area contributed by atoms with Gasteiger partial charge in [0.1, 0.15) is 6.10 Å². The molecule has 0 saturated heterocycles. The van der Waals surface area contributed by atoms with Crippen molar-refractivity contribution in [1.29, 1.82) is 0 Å². The summed E-state index contributed by atoms with van der Waals surface area (Å²) >= 11 is 0. The average molecular weight is 901 g/mol. The molecule has 0 aromatic rings. The summed E-state index contributed by atoms with van der Waals surface area (Å²) in [5.74, 6) is -0.509. The topological polar surface area (TPSA) is 95.9 Å². The van der Waals surface area contributed by atoms with Crippen LogP contribution in [-0.2, 0) is 14.3 Å². The van der Waals surface area contributed by atoms with Crippen LogP contribution in [0.5, 0.6) is 0 Å². The highest BCUT2D eigenvalue weighted by molar-refractivity contribution is 5.77. The molecular formula is C58H109NO5. The van der Waals surface area contributed by atoms with Crippen LogP contribution >= 0.6 is 0 Å². The molecular weight excluding hydrogens is 791 g/mol. The molecule has 0 rings (SSSR count). The Labute approximate surface area is 398 Å². The smallest absolute Gasteiger partial charge is 0.306 e. The van der Waals surface area contributed by atoms with E-state index in [1.54, 1.807) is 0 Å². The highest BCUT2D eigenvalue weighted by atomic mass is 16.5. The molecule has 0 heterocycles. The van der Waals surface area contributed by atoms with Crippen molar-refractivity contribution in [2.75, 3.05) is 6.61 Å². The van der Waals surface area contributed by atoms with Crippen molar-refractivity contribution >= 4 is 11.9 Å². The molecule has 0 radical (unpaired) electrons. The third-order valence-corrected chi connectivity index (χ3v) is 13.0. The minimum Gasteiger partial charge on any atom is -0.462 e. The van der Waals surface area contributed by atoms with Gasteiger partial charge in [-0.1, -0.05) is 250 Å². The Morgan fingerprint density at radius 2 is 0.812 bits per heavy atom. The molecule has 0 saturated carbocycles. The molecule has 3 atom stereocenters. The highest BCUT2D eigenvalue weighted by Crippen LogP contribution is 2.18. The normalized spacial score (nSPS) is 13.4. The van der Waals surface area contributed by atoms with Crippen LogP contribution in [0.2, 0.25) is 0 Å². The second-order valence-corrected chi connectivity index (χ2v) is 19.4. The number of carbonyl (C=O) groups excluding carboxylic acids is 2. The molecule has 0 aliphatic rings. The van der Waals surface area contributed by atoms with Crippen LogP contribution in [0.4, 0.5) is 0 Å². The van der Waals surface area contributed by atoms with E-state index in [-0.39, 0.29) is 24.9 Å². The van der Waals surface area contributed by atoms with E-state index in [0.29, 0.717) is 19.3 Å². The molecule has 6 heteroatoms. The van der Waals surface area contributed by atoms with E-state index in [0.717, 1.165) is 70.6 Å². The van der Waals surface area contributed by atoms with Crippen LogP contribution in [0.1, 0.15) is 297 Å². The van der Waals surface area contributed by atoms with Gasteiger partial charge in [0.2, 0.25) is 5.91 Å². The summed E-state index contributed by atoms with van der Waals surface area (Å²) < 4.78 is 5.93. The molecule has 0 aromatic carbocycles. The van der Waals surface area contributed by atoms with Gasteiger partial charge >= 0.3 is 5.97 Å². The maximum atomic E-state index is 13.2. The lowest BCUT2D eigenvalue weighted by atomic mass is 10.0. The third-order valence-electron chi connectivity index (χ3n) is 13.0. The maximum absolute atomic E-state index is 13.2. The van der Waals surface area contributed by atoms with Crippen molar-refractivity contribution in [1.82, 2.24) is 5.32 Å². The zero-order valence-corrected chi connectivity index (χ0v) is 42.9. The molecule has 0 fully saturated rings. The number of carbonyl (C=O) groups is 2. The summed E-state index contributed by atoms with van der Waals surface area (Å²) in [6, 6.07) is -0.711. The second kappa shape index (κ2) is 52.1. The lowest BCUT2D eigenvalue weighted by molar-refractivity contribution is -0.151. The number of esters is 1. The molecule has 376 valence electrons. The van der Waals surface area contributed by atoms with E-state index in [1.807, 2.05) is 0 Å². The van der Waals surface area contributed by atoms with Gasteiger partial charge in [0.15, 0.2) is 0 Å². The van der Waals surface area contributed by atoms with Gasteiger partial charge in [-0.3, -0.25) is 9.59 Å². The quantitative estimate of drug-likeness (QED) is 0.0245. The minimum atomic E-state index is -0.796. The first-order valence-electron chi connectivity index (χ1n) is 28.2. The Kier molecular flexibility index (Phi) is 50.5. The van der Waals surface area contributed by atoms with Crippen molar-refractivity contribution in [3.63, 3.8) is 0 Å². The van der Waals surface area contributed by atoms with Crippen molar-refractivity contribution < 1.29 is 24.5 Å². The SMILES string of the molecule is CCCCCCCCC/C=C\CCCC(CC(=O)NC(CO)C(O)CCCCCCCCCCCCCCCCC)OC(=O)CCCCCCC/C=C/C=C/CCCCCCCCC. The molecule has 0 aliphatic heterocycles. The van der Waals surface area contributed by atoms with Crippen molar-refractivity contribution in [3.8, 4) is 0 Å². The molecule has 3 N–H and O–H groups in total. The molecule has 0 bridgehead atoms. The maximum Gasteiger partial charge on any atom is 0.306 e. The van der Waals surface area contributed by atoms with Crippen LogP contribution in [0.15, 0.2) is 36.5 Å². The van der Waals surface area contributed by atoms with Crippen LogP contribution in [-0.4, -0.2) is 46.9 Å². The van der Waals surface area contributed by atoms with Gasteiger partial charge in [-0.15, -0.1) is 0 Å². The van der Waals surface area contributed by atoms with Crippen molar-refractivity contribution in [2.45, 2.75) is 315 Å². The summed E-state index contributed by atoms with van der Waals surface area (Å²) in [5, 5.41) is 23.8. The number of unbranched alkanes of at least 4 members (excludes halogenated alkanes) is 34. The molecule has 6 nitrogen and oxygen atoms in total. The molecule has 0 spiro atoms. The van der Waals surface area contributed by atoms with Crippen molar-refractivity contribution in [2.24, 2.45) is 0 Å². The lowest BCUT2D eigenvalue weighted by Crippen LogP contribution is -2.46. The summed E-state index contributed by atoms with van der Waals surface area (Å²) in [6.45, 7) is 6.49. The first kappa shape index (κ1) is 62.1. The number of amides is 1. The molecule has 0 aromatic heterocycles. The van der Waals surface area contributed by atoms with E-state index in [1.165, 1.54) is 180 Å². The molecule has 0 aliphatic carbocycles. The highest BCUT2D eigenvalue weighted by Gasteiger charge is 2.24. The molecule has 1 amide bonds. The van der Waals surface area contributed by atoms with Crippen LogP contribution < -0.4 is 5.32 Å². The van der Waals surface area contributed by atoms with Gasteiger partial charge in [-0.2, -0.15) is 0 Å². The number of rotatable bonds is 51. The van der Waals surface area contributed by atoms with E-state index in [9.17, 15) is 19.8 Å². The predicted octanol–water partition coefficient (Wildman–Crippen LogP) is 17.2. The summed E-state index contributed by atoms with van der Waals surface area (Å²) in [7, 11) is 0. The van der Waals surface area contributed by atoms with Crippen LogP contribution in [0.25, 0.3) is 0 Å². The first-order chi connectivity index (χ1) is 31.5. The second-order valence-electron chi connectivity index (χ2n) is 19.4. The zero-order chi connectivity index (χ0) is 46.7. The Balaban J connectivity index is 4.54.